The standard InChI is InChI=1S/C11H15N3O4/c1-8-6-9(12-14(8)7-10(15)16)11(17)13-2-4-18-5-3-13/h6H,2-5,7H2,1H3,(H,15,16). The van der Waals surface area contributed by atoms with Gasteiger partial charge in [-0.3, -0.25) is 14.3 Å². The van der Waals surface area contributed by atoms with E-state index < -0.39 is 5.97 Å². The number of amides is 1. The van der Waals surface area contributed by atoms with Gasteiger partial charge in [-0.1, -0.05) is 0 Å². The molecule has 7 heteroatoms. The van der Waals surface area contributed by atoms with Crippen molar-refractivity contribution in [3.8, 4) is 0 Å². The van der Waals surface area contributed by atoms with Crippen molar-refractivity contribution in [1.82, 2.24) is 14.7 Å². The fourth-order valence-electron chi connectivity index (χ4n) is 1.83. The van der Waals surface area contributed by atoms with Crippen LogP contribution in [0, 0.1) is 6.92 Å². The Morgan fingerprint density at radius 3 is 2.72 bits per heavy atom. The molecule has 1 aliphatic heterocycles. The Hall–Kier alpha value is -1.89. The number of carbonyl (C=O) groups excluding carboxylic acids is 1. The fraction of sp³-hybridized carbons (Fsp3) is 0.545. The maximum Gasteiger partial charge on any atom is 0.325 e. The second kappa shape index (κ2) is 5.18. The summed E-state index contributed by atoms with van der Waals surface area (Å²) in [5, 5.41) is 12.7. The van der Waals surface area contributed by atoms with E-state index in [9.17, 15) is 9.59 Å². The minimum atomic E-state index is -0.980. The SMILES string of the molecule is Cc1cc(C(=O)N2CCOCC2)nn1CC(=O)O. The monoisotopic (exact) mass is 253 g/mol. The van der Waals surface area contributed by atoms with E-state index in [0.717, 1.165) is 0 Å². The van der Waals surface area contributed by atoms with Crippen LogP contribution in [0.25, 0.3) is 0 Å². The van der Waals surface area contributed by atoms with Crippen molar-refractivity contribution in [2.75, 3.05) is 26.3 Å². The molecule has 0 unspecified atom stereocenters. The molecule has 1 amide bonds. The first kappa shape index (κ1) is 12.6. The largest absolute Gasteiger partial charge is 0.480 e. The van der Waals surface area contributed by atoms with Crippen LogP contribution in [0.1, 0.15) is 16.2 Å². The van der Waals surface area contributed by atoms with E-state index >= 15 is 0 Å². The average molecular weight is 253 g/mol. The van der Waals surface area contributed by atoms with E-state index in [1.807, 2.05) is 0 Å². The molecule has 2 rings (SSSR count). The van der Waals surface area contributed by atoms with Crippen molar-refractivity contribution in [3.05, 3.63) is 17.5 Å². The molecule has 0 atom stereocenters. The van der Waals surface area contributed by atoms with Crippen molar-refractivity contribution < 1.29 is 19.4 Å². The van der Waals surface area contributed by atoms with Gasteiger partial charge >= 0.3 is 5.97 Å². The van der Waals surface area contributed by atoms with Crippen LogP contribution >= 0.6 is 0 Å². The number of hydrogen-bond donors (Lipinski definition) is 1. The number of aryl methyl sites for hydroxylation is 1. The van der Waals surface area contributed by atoms with Gasteiger partial charge < -0.3 is 14.7 Å². The van der Waals surface area contributed by atoms with E-state index in [-0.39, 0.29) is 18.1 Å². The predicted octanol–water partition coefficient (Wildman–Crippen LogP) is -0.251. The van der Waals surface area contributed by atoms with Crippen LogP contribution in [0.5, 0.6) is 0 Å². The molecule has 1 aromatic heterocycles. The smallest absolute Gasteiger partial charge is 0.325 e. The van der Waals surface area contributed by atoms with Crippen LogP contribution in [0.3, 0.4) is 0 Å². The van der Waals surface area contributed by atoms with Gasteiger partial charge in [-0.05, 0) is 13.0 Å². The lowest BCUT2D eigenvalue weighted by Crippen LogP contribution is -2.40. The average Bonchev–Trinajstić information content (AvgIpc) is 2.70. The maximum atomic E-state index is 12.1. The van der Waals surface area contributed by atoms with E-state index in [2.05, 4.69) is 5.10 Å². The summed E-state index contributed by atoms with van der Waals surface area (Å²) in [6.07, 6.45) is 0. The zero-order chi connectivity index (χ0) is 13.1. The van der Waals surface area contributed by atoms with Gasteiger partial charge in [-0.25, -0.2) is 0 Å². The Balaban J connectivity index is 2.12. The minimum absolute atomic E-state index is 0.175. The summed E-state index contributed by atoms with van der Waals surface area (Å²) in [6, 6.07) is 1.61. The molecule has 1 aromatic rings. The number of morpholine rings is 1. The fourth-order valence-corrected chi connectivity index (χ4v) is 1.83. The minimum Gasteiger partial charge on any atom is -0.480 e. The Bertz CT molecular complexity index is 463. The summed E-state index contributed by atoms with van der Waals surface area (Å²) in [5.41, 5.74) is 0.949. The summed E-state index contributed by atoms with van der Waals surface area (Å²) < 4.78 is 6.49. The van der Waals surface area contributed by atoms with Crippen LogP contribution in [-0.4, -0.2) is 58.0 Å². The molecule has 0 radical (unpaired) electrons. The van der Waals surface area contributed by atoms with Crippen molar-refractivity contribution in [2.45, 2.75) is 13.5 Å². The van der Waals surface area contributed by atoms with Crippen molar-refractivity contribution in [2.24, 2.45) is 0 Å². The number of rotatable bonds is 3. The Morgan fingerprint density at radius 2 is 2.11 bits per heavy atom. The normalized spacial score (nSPS) is 15.7. The summed E-state index contributed by atoms with van der Waals surface area (Å²) in [6.45, 7) is 3.64. The molecule has 1 saturated heterocycles. The highest BCUT2D eigenvalue weighted by Crippen LogP contribution is 2.08. The first-order valence-electron chi connectivity index (χ1n) is 5.71. The lowest BCUT2D eigenvalue weighted by atomic mass is 10.3. The van der Waals surface area contributed by atoms with Gasteiger partial charge in [-0.15, -0.1) is 0 Å². The number of carboxylic acids is 1. The van der Waals surface area contributed by atoms with E-state index in [0.29, 0.717) is 32.0 Å². The maximum absolute atomic E-state index is 12.1. The number of carbonyl (C=O) groups is 2. The topological polar surface area (TPSA) is 84.7 Å². The van der Waals surface area contributed by atoms with Crippen LogP contribution < -0.4 is 0 Å². The van der Waals surface area contributed by atoms with Crippen LogP contribution in [0.15, 0.2) is 6.07 Å². The molecule has 7 nitrogen and oxygen atoms in total. The Labute approximate surface area is 104 Å². The molecule has 1 fully saturated rings. The number of carboxylic acid groups (broad SMARTS) is 1. The summed E-state index contributed by atoms with van der Waals surface area (Å²) in [4.78, 5) is 24.4. The highest BCUT2D eigenvalue weighted by molar-refractivity contribution is 5.92. The van der Waals surface area contributed by atoms with Crippen LogP contribution in [-0.2, 0) is 16.1 Å². The van der Waals surface area contributed by atoms with E-state index in [4.69, 9.17) is 9.84 Å². The van der Waals surface area contributed by atoms with Gasteiger partial charge in [0.2, 0.25) is 0 Å². The number of nitrogens with zero attached hydrogens (tertiary/aromatic N) is 3. The molecule has 1 aliphatic rings. The van der Waals surface area contributed by atoms with Gasteiger partial charge in [0, 0.05) is 18.8 Å². The molecule has 1 N–H and O–H groups in total. The molecule has 98 valence electrons. The van der Waals surface area contributed by atoms with E-state index in [1.165, 1.54) is 4.68 Å². The lowest BCUT2D eigenvalue weighted by molar-refractivity contribution is -0.137. The van der Waals surface area contributed by atoms with Gasteiger partial charge in [0.05, 0.1) is 13.2 Å². The van der Waals surface area contributed by atoms with Gasteiger partial charge in [-0.2, -0.15) is 5.10 Å². The number of aliphatic carboxylic acids is 1. The van der Waals surface area contributed by atoms with Crippen LogP contribution in [0.2, 0.25) is 0 Å². The second-order valence-electron chi connectivity index (χ2n) is 4.13. The number of aromatic nitrogens is 2. The first-order valence-corrected chi connectivity index (χ1v) is 5.71. The summed E-state index contributed by atoms with van der Waals surface area (Å²) >= 11 is 0. The molecular formula is C11H15N3O4. The highest BCUT2D eigenvalue weighted by Gasteiger charge is 2.21. The third kappa shape index (κ3) is 2.67. The highest BCUT2D eigenvalue weighted by atomic mass is 16.5. The quantitative estimate of drug-likeness (QED) is 0.802. The molecule has 0 aliphatic carbocycles. The number of hydrogen-bond acceptors (Lipinski definition) is 4. The molecule has 0 saturated carbocycles. The molecule has 0 bridgehead atoms. The Kier molecular flexibility index (Phi) is 3.61. The predicted molar refractivity (Wildman–Crippen MR) is 61.3 cm³/mol. The molecule has 0 aromatic carbocycles. The van der Waals surface area contributed by atoms with Crippen LogP contribution in [0.4, 0.5) is 0 Å². The lowest BCUT2D eigenvalue weighted by Gasteiger charge is -2.25. The van der Waals surface area contributed by atoms with Crippen molar-refractivity contribution in [3.63, 3.8) is 0 Å². The van der Waals surface area contributed by atoms with E-state index in [1.54, 1.807) is 17.9 Å². The first-order chi connectivity index (χ1) is 8.58. The van der Waals surface area contributed by atoms with Gasteiger partial charge in [0.15, 0.2) is 5.69 Å². The summed E-state index contributed by atoms with van der Waals surface area (Å²) in [7, 11) is 0. The molecule has 18 heavy (non-hydrogen) atoms. The third-order valence-electron chi connectivity index (χ3n) is 2.78. The second-order valence-corrected chi connectivity index (χ2v) is 4.13. The van der Waals surface area contributed by atoms with Crippen molar-refractivity contribution >= 4 is 11.9 Å². The zero-order valence-corrected chi connectivity index (χ0v) is 10.1. The molecule has 0 spiro atoms. The van der Waals surface area contributed by atoms with Gasteiger partial charge in [0.1, 0.15) is 6.54 Å². The molecule has 2 heterocycles. The third-order valence-corrected chi connectivity index (χ3v) is 2.78. The molecular weight excluding hydrogens is 238 g/mol. The van der Waals surface area contributed by atoms with Crippen molar-refractivity contribution in [1.29, 1.82) is 0 Å². The van der Waals surface area contributed by atoms with Gasteiger partial charge in [0.25, 0.3) is 5.91 Å². The Morgan fingerprint density at radius 1 is 1.44 bits per heavy atom. The number of ether oxygens (including phenoxy) is 1. The zero-order valence-electron chi connectivity index (χ0n) is 10.1. The summed E-state index contributed by atoms with van der Waals surface area (Å²) in [5.74, 6) is -1.16.